The Morgan fingerprint density at radius 1 is 0.975 bits per heavy atom. The molecule has 1 unspecified atom stereocenters. The first-order chi connectivity index (χ1) is 19.4. The Hall–Kier alpha value is -3.88. The van der Waals surface area contributed by atoms with Crippen LogP contribution in [0.3, 0.4) is 0 Å². The van der Waals surface area contributed by atoms with E-state index in [4.69, 9.17) is 15.2 Å². The molecule has 1 heterocycles. The van der Waals surface area contributed by atoms with Crippen LogP contribution >= 0.6 is 0 Å². The number of likely N-dealkylation sites (tertiary alicyclic amines) is 1. The standard InChI is InChI=1S/C32H40N4O4/c1-23-8-4-5-10-26(23)22-35(21-24-9-6-12-28(18-24)39-2)27-14-17-36(30(20-27)31(37)34-16-15-33)32(38)25-11-7-13-29(19-25)40-3/h4-13,18-19,27,30H,14-17,20-22,33H2,1-3H3,(H,34,37)/t27?,30-/m1/s1. The molecule has 3 aromatic rings. The first kappa shape index (κ1) is 29.1. The second-order valence-corrected chi connectivity index (χ2v) is 10.2. The number of nitrogens with zero attached hydrogens (tertiary/aromatic N) is 2. The maximum Gasteiger partial charge on any atom is 0.254 e. The predicted octanol–water partition coefficient (Wildman–Crippen LogP) is 3.76. The minimum absolute atomic E-state index is 0.0776. The average Bonchev–Trinajstić information content (AvgIpc) is 3.00. The lowest BCUT2D eigenvalue weighted by Crippen LogP contribution is -2.57. The Balaban J connectivity index is 1.63. The quantitative estimate of drug-likeness (QED) is 0.382. The van der Waals surface area contributed by atoms with Gasteiger partial charge >= 0.3 is 0 Å². The van der Waals surface area contributed by atoms with Crippen molar-refractivity contribution in [2.75, 3.05) is 33.9 Å². The SMILES string of the molecule is COc1cccc(CN(Cc2ccccc2C)C2CCN(C(=O)c3cccc(OC)c3)[C@@H](C(=O)NCCN)C2)c1. The van der Waals surface area contributed by atoms with Crippen molar-refractivity contribution < 1.29 is 19.1 Å². The van der Waals surface area contributed by atoms with E-state index in [2.05, 4.69) is 47.5 Å². The monoisotopic (exact) mass is 544 g/mol. The van der Waals surface area contributed by atoms with Gasteiger partial charge in [-0.15, -0.1) is 0 Å². The fourth-order valence-corrected chi connectivity index (χ4v) is 5.33. The van der Waals surface area contributed by atoms with Gasteiger partial charge in [-0.3, -0.25) is 14.5 Å². The highest BCUT2D eigenvalue weighted by molar-refractivity contribution is 5.98. The molecule has 1 saturated heterocycles. The zero-order valence-corrected chi connectivity index (χ0v) is 23.6. The number of amides is 2. The van der Waals surface area contributed by atoms with E-state index < -0.39 is 6.04 Å². The smallest absolute Gasteiger partial charge is 0.254 e. The van der Waals surface area contributed by atoms with Crippen molar-refractivity contribution in [3.63, 3.8) is 0 Å². The molecule has 40 heavy (non-hydrogen) atoms. The highest BCUT2D eigenvalue weighted by atomic mass is 16.5. The van der Waals surface area contributed by atoms with Crippen molar-refractivity contribution in [2.45, 2.75) is 44.9 Å². The number of carbonyl (C=O) groups is 2. The van der Waals surface area contributed by atoms with Crippen molar-refractivity contribution >= 4 is 11.8 Å². The number of hydrogen-bond donors (Lipinski definition) is 2. The van der Waals surface area contributed by atoms with Gasteiger partial charge in [-0.05, 0) is 66.8 Å². The molecule has 0 bridgehead atoms. The van der Waals surface area contributed by atoms with Gasteiger partial charge in [0.05, 0.1) is 14.2 Å². The zero-order valence-electron chi connectivity index (χ0n) is 23.6. The normalized spacial score (nSPS) is 17.0. The van der Waals surface area contributed by atoms with Gasteiger partial charge in [0, 0.05) is 44.3 Å². The Bertz CT molecular complexity index is 1300. The van der Waals surface area contributed by atoms with Crippen molar-refractivity contribution in [3.05, 3.63) is 95.1 Å². The first-order valence-electron chi connectivity index (χ1n) is 13.8. The van der Waals surface area contributed by atoms with Gasteiger partial charge in [-0.1, -0.05) is 42.5 Å². The summed E-state index contributed by atoms with van der Waals surface area (Å²) in [5, 5.41) is 2.93. The topological polar surface area (TPSA) is 97.1 Å². The maximum absolute atomic E-state index is 13.7. The molecule has 1 aliphatic heterocycles. The lowest BCUT2D eigenvalue weighted by molar-refractivity contribution is -0.127. The molecular weight excluding hydrogens is 504 g/mol. The number of nitrogens with two attached hydrogens (primary N) is 1. The maximum atomic E-state index is 13.7. The second-order valence-electron chi connectivity index (χ2n) is 10.2. The molecule has 8 heteroatoms. The van der Waals surface area contributed by atoms with E-state index in [0.29, 0.717) is 43.9 Å². The Morgan fingerprint density at radius 3 is 2.42 bits per heavy atom. The summed E-state index contributed by atoms with van der Waals surface area (Å²) in [7, 11) is 3.24. The molecule has 4 rings (SSSR count). The molecule has 3 N–H and O–H groups in total. The molecule has 1 fully saturated rings. The van der Waals surface area contributed by atoms with E-state index in [0.717, 1.165) is 24.3 Å². The molecule has 212 valence electrons. The summed E-state index contributed by atoms with van der Waals surface area (Å²) >= 11 is 0. The third-order valence-electron chi connectivity index (χ3n) is 7.57. The molecule has 2 amide bonds. The predicted molar refractivity (Wildman–Crippen MR) is 156 cm³/mol. The van der Waals surface area contributed by atoms with Crippen molar-refractivity contribution in [1.29, 1.82) is 0 Å². The molecule has 0 radical (unpaired) electrons. The van der Waals surface area contributed by atoms with E-state index in [-0.39, 0.29) is 17.9 Å². The van der Waals surface area contributed by atoms with Crippen LogP contribution in [0.15, 0.2) is 72.8 Å². The number of benzene rings is 3. The van der Waals surface area contributed by atoms with Crippen LogP contribution in [-0.2, 0) is 17.9 Å². The molecule has 2 atom stereocenters. The molecular formula is C32H40N4O4. The molecule has 3 aromatic carbocycles. The molecule has 0 spiro atoms. The van der Waals surface area contributed by atoms with Gasteiger partial charge in [0.2, 0.25) is 5.91 Å². The van der Waals surface area contributed by atoms with Crippen molar-refractivity contribution in [2.24, 2.45) is 5.73 Å². The molecule has 0 saturated carbocycles. The second kappa shape index (κ2) is 14.0. The van der Waals surface area contributed by atoms with Crippen LogP contribution in [0.1, 0.15) is 39.9 Å². The number of aryl methyl sites for hydroxylation is 1. The van der Waals surface area contributed by atoms with Crippen LogP contribution < -0.4 is 20.5 Å². The van der Waals surface area contributed by atoms with Crippen LogP contribution in [0.4, 0.5) is 0 Å². The van der Waals surface area contributed by atoms with Gasteiger partial charge in [-0.2, -0.15) is 0 Å². The van der Waals surface area contributed by atoms with E-state index in [9.17, 15) is 9.59 Å². The van der Waals surface area contributed by atoms with Gasteiger partial charge in [0.15, 0.2) is 0 Å². The summed E-state index contributed by atoms with van der Waals surface area (Å²) in [5.74, 6) is 1.06. The third-order valence-corrected chi connectivity index (χ3v) is 7.57. The van der Waals surface area contributed by atoms with E-state index in [1.807, 2.05) is 18.2 Å². The molecule has 0 aromatic heterocycles. The summed E-state index contributed by atoms with van der Waals surface area (Å²) in [4.78, 5) is 31.2. The van der Waals surface area contributed by atoms with Gasteiger partial charge in [0.25, 0.3) is 5.91 Å². The fourth-order valence-electron chi connectivity index (χ4n) is 5.33. The van der Waals surface area contributed by atoms with Crippen LogP contribution in [0.25, 0.3) is 0 Å². The Labute approximate surface area is 237 Å². The summed E-state index contributed by atoms with van der Waals surface area (Å²) in [6.07, 6.45) is 1.26. The highest BCUT2D eigenvalue weighted by Crippen LogP contribution is 2.29. The van der Waals surface area contributed by atoms with Gasteiger partial charge in [-0.25, -0.2) is 0 Å². The summed E-state index contributed by atoms with van der Waals surface area (Å²) in [5.41, 5.74) is 9.78. The van der Waals surface area contributed by atoms with Crippen LogP contribution in [-0.4, -0.2) is 67.6 Å². The van der Waals surface area contributed by atoms with Crippen LogP contribution in [0, 0.1) is 6.92 Å². The summed E-state index contributed by atoms with van der Waals surface area (Å²) in [6, 6.07) is 23.0. The number of piperidine rings is 1. The van der Waals surface area contributed by atoms with E-state index in [1.54, 1.807) is 43.4 Å². The lowest BCUT2D eigenvalue weighted by Gasteiger charge is -2.43. The zero-order chi connectivity index (χ0) is 28.5. The van der Waals surface area contributed by atoms with E-state index in [1.165, 1.54) is 11.1 Å². The summed E-state index contributed by atoms with van der Waals surface area (Å²) < 4.78 is 10.8. The van der Waals surface area contributed by atoms with Crippen molar-refractivity contribution in [1.82, 2.24) is 15.1 Å². The van der Waals surface area contributed by atoms with E-state index >= 15 is 0 Å². The minimum atomic E-state index is -0.617. The van der Waals surface area contributed by atoms with Crippen LogP contribution in [0.2, 0.25) is 0 Å². The number of rotatable bonds is 11. The molecule has 0 aliphatic carbocycles. The van der Waals surface area contributed by atoms with Gasteiger partial charge in [0.1, 0.15) is 17.5 Å². The number of hydrogen-bond acceptors (Lipinski definition) is 6. The first-order valence-corrected chi connectivity index (χ1v) is 13.8. The minimum Gasteiger partial charge on any atom is -0.497 e. The van der Waals surface area contributed by atoms with Crippen molar-refractivity contribution in [3.8, 4) is 11.5 Å². The lowest BCUT2D eigenvalue weighted by atomic mass is 9.93. The highest BCUT2D eigenvalue weighted by Gasteiger charge is 2.38. The summed E-state index contributed by atoms with van der Waals surface area (Å²) in [6.45, 7) is 4.70. The van der Waals surface area contributed by atoms with Crippen LogP contribution in [0.5, 0.6) is 11.5 Å². The number of ether oxygens (including phenoxy) is 2. The largest absolute Gasteiger partial charge is 0.497 e. The van der Waals surface area contributed by atoms with Gasteiger partial charge < -0.3 is 25.4 Å². The molecule has 8 nitrogen and oxygen atoms in total. The number of nitrogens with one attached hydrogen (secondary N) is 1. The fraction of sp³-hybridized carbons (Fsp3) is 0.375. The Morgan fingerprint density at radius 2 is 1.70 bits per heavy atom. The Kier molecular flexibility index (Phi) is 10.2. The number of carbonyl (C=O) groups excluding carboxylic acids is 2. The average molecular weight is 545 g/mol. The third kappa shape index (κ3) is 7.20. The number of methoxy groups -OCH3 is 2. The molecule has 1 aliphatic rings.